The minimum absolute atomic E-state index is 0.314. The van der Waals surface area contributed by atoms with E-state index in [0.717, 1.165) is 23.2 Å². The summed E-state index contributed by atoms with van der Waals surface area (Å²) in [6.45, 7) is 1.89. The van der Waals surface area contributed by atoms with Crippen molar-refractivity contribution < 1.29 is 12.8 Å². The number of pyridine rings is 2. The van der Waals surface area contributed by atoms with Gasteiger partial charge in [0.1, 0.15) is 10.7 Å². The van der Waals surface area contributed by atoms with Crippen LogP contribution in [0.4, 0.5) is 4.39 Å². The lowest BCUT2D eigenvalue weighted by molar-refractivity contribution is 0.571. The average molecular weight is 342 g/mol. The molecule has 3 rings (SSSR count). The van der Waals surface area contributed by atoms with E-state index in [1.165, 1.54) is 12.1 Å². The van der Waals surface area contributed by atoms with Gasteiger partial charge >= 0.3 is 0 Å². The highest BCUT2D eigenvalue weighted by Gasteiger charge is 2.16. The first-order valence-corrected chi connectivity index (χ1v) is 9.13. The largest absolute Gasteiger partial charge is 0.264 e. The molecule has 0 fully saturated rings. The zero-order valence-corrected chi connectivity index (χ0v) is 14.0. The Kier molecular flexibility index (Phi) is 4.15. The van der Waals surface area contributed by atoms with Crippen LogP contribution in [0, 0.1) is 12.7 Å². The van der Waals surface area contributed by atoms with Gasteiger partial charge in [0.15, 0.2) is 9.84 Å². The molecule has 0 aliphatic carbocycles. The van der Waals surface area contributed by atoms with Crippen LogP contribution in [0.5, 0.6) is 0 Å². The Morgan fingerprint density at radius 3 is 2.50 bits per heavy atom. The molecule has 24 heavy (non-hydrogen) atoms. The topological polar surface area (TPSA) is 59.9 Å². The number of hydrogen-bond acceptors (Lipinski definition) is 4. The summed E-state index contributed by atoms with van der Waals surface area (Å²) in [6.07, 6.45) is 4.25. The standard InChI is InChI=1S/C18H15FN2O2S/c1-12-4-3-5-17(21-12)14-8-9-20-11-15(14)13-6-7-18(16(19)10-13)24(2,22)23/h3-11H,1-2H3. The molecule has 0 amide bonds. The Bertz CT molecular complexity index is 1020. The molecule has 6 heteroatoms. The van der Waals surface area contributed by atoms with Gasteiger partial charge in [0.25, 0.3) is 0 Å². The molecule has 0 saturated carbocycles. The van der Waals surface area contributed by atoms with Crippen LogP contribution in [0.3, 0.4) is 0 Å². The quantitative estimate of drug-likeness (QED) is 0.729. The Morgan fingerprint density at radius 1 is 1.04 bits per heavy atom. The Morgan fingerprint density at radius 2 is 1.83 bits per heavy atom. The highest BCUT2D eigenvalue weighted by Crippen LogP contribution is 2.31. The van der Waals surface area contributed by atoms with Crippen molar-refractivity contribution in [1.82, 2.24) is 9.97 Å². The first kappa shape index (κ1) is 16.3. The molecule has 0 N–H and O–H groups in total. The van der Waals surface area contributed by atoms with Gasteiger partial charge in [-0.1, -0.05) is 12.1 Å². The van der Waals surface area contributed by atoms with Crippen molar-refractivity contribution in [2.75, 3.05) is 6.26 Å². The maximum Gasteiger partial charge on any atom is 0.178 e. The number of halogens is 1. The van der Waals surface area contributed by atoms with Gasteiger partial charge in [0, 0.05) is 35.5 Å². The van der Waals surface area contributed by atoms with Crippen molar-refractivity contribution in [2.45, 2.75) is 11.8 Å². The number of nitrogens with zero attached hydrogens (tertiary/aromatic N) is 2. The van der Waals surface area contributed by atoms with E-state index in [0.29, 0.717) is 11.1 Å². The molecule has 0 saturated heterocycles. The van der Waals surface area contributed by atoms with E-state index < -0.39 is 15.7 Å². The van der Waals surface area contributed by atoms with E-state index in [2.05, 4.69) is 9.97 Å². The van der Waals surface area contributed by atoms with Crippen LogP contribution in [0.15, 0.2) is 59.8 Å². The van der Waals surface area contributed by atoms with E-state index in [1.54, 1.807) is 24.5 Å². The van der Waals surface area contributed by atoms with E-state index in [4.69, 9.17) is 0 Å². The minimum atomic E-state index is -3.60. The smallest absolute Gasteiger partial charge is 0.178 e. The number of rotatable bonds is 3. The van der Waals surface area contributed by atoms with E-state index in [9.17, 15) is 12.8 Å². The normalized spacial score (nSPS) is 11.5. The maximum atomic E-state index is 14.2. The van der Waals surface area contributed by atoms with Gasteiger partial charge in [0.05, 0.1) is 5.69 Å². The van der Waals surface area contributed by atoms with Crippen LogP contribution in [-0.2, 0) is 9.84 Å². The minimum Gasteiger partial charge on any atom is -0.264 e. The number of sulfone groups is 1. The first-order chi connectivity index (χ1) is 11.4. The van der Waals surface area contributed by atoms with Gasteiger partial charge in [-0.25, -0.2) is 12.8 Å². The van der Waals surface area contributed by atoms with Gasteiger partial charge in [-0.15, -0.1) is 0 Å². The summed E-state index contributed by atoms with van der Waals surface area (Å²) in [5.74, 6) is -0.776. The van der Waals surface area contributed by atoms with Crippen molar-refractivity contribution in [3.05, 3.63) is 66.4 Å². The zero-order valence-electron chi connectivity index (χ0n) is 13.2. The van der Waals surface area contributed by atoms with Gasteiger partial charge < -0.3 is 0 Å². The van der Waals surface area contributed by atoms with Crippen molar-refractivity contribution in [2.24, 2.45) is 0 Å². The molecule has 0 spiro atoms. The Hall–Kier alpha value is -2.60. The summed E-state index contributed by atoms with van der Waals surface area (Å²) in [6, 6.07) is 11.5. The van der Waals surface area contributed by atoms with Crippen LogP contribution in [-0.4, -0.2) is 24.6 Å². The van der Waals surface area contributed by atoms with Gasteiger partial charge in [-0.2, -0.15) is 0 Å². The van der Waals surface area contributed by atoms with Gasteiger partial charge in [-0.3, -0.25) is 9.97 Å². The predicted molar refractivity (Wildman–Crippen MR) is 90.7 cm³/mol. The molecule has 2 aromatic heterocycles. The lowest BCUT2D eigenvalue weighted by Crippen LogP contribution is -2.01. The second kappa shape index (κ2) is 6.13. The van der Waals surface area contributed by atoms with E-state index >= 15 is 0 Å². The SMILES string of the molecule is Cc1cccc(-c2ccncc2-c2ccc(S(C)(=O)=O)c(F)c2)n1. The highest BCUT2D eigenvalue weighted by molar-refractivity contribution is 7.90. The fourth-order valence-electron chi connectivity index (χ4n) is 2.51. The number of hydrogen-bond donors (Lipinski definition) is 0. The van der Waals surface area contributed by atoms with Gasteiger partial charge in [-0.05, 0) is 42.8 Å². The van der Waals surface area contributed by atoms with Crippen LogP contribution < -0.4 is 0 Å². The molecule has 1 aromatic carbocycles. The van der Waals surface area contributed by atoms with Gasteiger partial charge in [0.2, 0.25) is 0 Å². The summed E-state index contributed by atoms with van der Waals surface area (Å²) in [5.41, 5.74) is 3.66. The summed E-state index contributed by atoms with van der Waals surface area (Å²) < 4.78 is 37.3. The van der Waals surface area contributed by atoms with E-state index in [1.807, 2.05) is 25.1 Å². The Balaban J connectivity index is 2.16. The molecule has 0 aliphatic heterocycles. The van der Waals surface area contributed by atoms with Crippen molar-refractivity contribution in [3.8, 4) is 22.4 Å². The molecule has 0 unspecified atom stereocenters. The third-order valence-electron chi connectivity index (χ3n) is 3.63. The molecule has 0 atom stereocenters. The molecule has 4 nitrogen and oxygen atoms in total. The maximum absolute atomic E-state index is 14.2. The monoisotopic (exact) mass is 342 g/mol. The predicted octanol–water partition coefficient (Wildman–Crippen LogP) is 3.66. The summed E-state index contributed by atoms with van der Waals surface area (Å²) in [4.78, 5) is 8.28. The molecule has 0 radical (unpaired) electrons. The van der Waals surface area contributed by atoms with Crippen LogP contribution in [0.2, 0.25) is 0 Å². The molecule has 0 aliphatic rings. The summed E-state index contributed by atoms with van der Waals surface area (Å²) >= 11 is 0. The summed E-state index contributed by atoms with van der Waals surface area (Å²) in [7, 11) is -3.60. The molecule has 3 aromatic rings. The molecule has 0 bridgehead atoms. The number of aryl methyl sites for hydroxylation is 1. The van der Waals surface area contributed by atoms with Crippen molar-refractivity contribution >= 4 is 9.84 Å². The highest BCUT2D eigenvalue weighted by atomic mass is 32.2. The third kappa shape index (κ3) is 3.19. The van der Waals surface area contributed by atoms with Crippen LogP contribution in [0.25, 0.3) is 22.4 Å². The van der Waals surface area contributed by atoms with Crippen molar-refractivity contribution in [1.29, 1.82) is 0 Å². The molecular weight excluding hydrogens is 327 g/mol. The zero-order chi connectivity index (χ0) is 17.3. The van der Waals surface area contributed by atoms with E-state index in [-0.39, 0.29) is 4.90 Å². The fraction of sp³-hybridized carbons (Fsp3) is 0.111. The Labute approximate surface area is 140 Å². The second-order valence-electron chi connectivity index (χ2n) is 5.50. The lowest BCUT2D eigenvalue weighted by atomic mass is 9.99. The first-order valence-electron chi connectivity index (χ1n) is 7.24. The second-order valence-corrected chi connectivity index (χ2v) is 7.49. The number of benzene rings is 1. The third-order valence-corrected chi connectivity index (χ3v) is 4.76. The number of aromatic nitrogens is 2. The van der Waals surface area contributed by atoms with Crippen LogP contribution >= 0.6 is 0 Å². The van der Waals surface area contributed by atoms with Crippen LogP contribution in [0.1, 0.15) is 5.69 Å². The molecule has 2 heterocycles. The van der Waals surface area contributed by atoms with Crippen molar-refractivity contribution in [3.63, 3.8) is 0 Å². The average Bonchev–Trinajstić information content (AvgIpc) is 2.53. The lowest BCUT2D eigenvalue weighted by Gasteiger charge is -2.10. The summed E-state index contributed by atoms with van der Waals surface area (Å²) in [5, 5.41) is 0. The molecular formula is C18H15FN2O2S. The fourth-order valence-corrected chi connectivity index (χ4v) is 3.24. The molecule has 122 valence electrons.